The molecular weight excluding hydrogens is 196 g/mol. The molecule has 90 valence electrons. The third-order valence-corrected chi connectivity index (χ3v) is 2.66. The molecule has 2 atom stereocenters. The lowest BCUT2D eigenvalue weighted by atomic mass is 10.2. The monoisotopic (exact) mass is 218 g/mol. The summed E-state index contributed by atoms with van der Waals surface area (Å²) < 4.78 is 10.8. The minimum absolute atomic E-state index is 0.0575. The fourth-order valence-corrected chi connectivity index (χ4v) is 1.79. The van der Waals surface area contributed by atoms with Crippen LogP contribution in [0.2, 0.25) is 0 Å². The second kappa shape index (κ2) is 7.14. The largest absolute Gasteiger partial charge is 0.395 e. The van der Waals surface area contributed by atoms with Gasteiger partial charge < -0.3 is 20.3 Å². The molecule has 1 fully saturated rings. The van der Waals surface area contributed by atoms with E-state index in [1.807, 2.05) is 6.92 Å². The maximum Gasteiger partial charge on any atom is 0.0823 e. The lowest BCUT2D eigenvalue weighted by Gasteiger charge is -2.36. The summed E-state index contributed by atoms with van der Waals surface area (Å²) in [6.45, 7) is 6.22. The van der Waals surface area contributed by atoms with Crippen LogP contribution in [0.1, 0.15) is 6.92 Å². The zero-order valence-electron chi connectivity index (χ0n) is 9.39. The van der Waals surface area contributed by atoms with Gasteiger partial charge in [-0.1, -0.05) is 0 Å². The number of hydrogen-bond acceptors (Lipinski definition) is 5. The Hall–Kier alpha value is -0.200. The number of nitrogens with zero attached hydrogens (tertiary/aromatic N) is 1. The molecular formula is C10H22N2O3. The van der Waals surface area contributed by atoms with Crippen LogP contribution in [-0.4, -0.2) is 68.2 Å². The van der Waals surface area contributed by atoms with Gasteiger partial charge in [0.05, 0.1) is 32.0 Å². The molecule has 3 N–H and O–H groups in total. The Bertz CT molecular complexity index is 169. The van der Waals surface area contributed by atoms with Crippen LogP contribution in [0, 0.1) is 0 Å². The highest BCUT2D eigenvalue weighted by Gasteiger charge is 2.24. The summed E-state index contributed by atoms with van der Waals surface area (Å²) in [6, 6.07) is 0.0910. The Morgan fingerprint density at radius 3 is 3.07 bits per heavy atom. The average molecular weight is 218 g/mol. The Balaban J connectivity index is 2.38. The van der Waals surface area contributed by atoms with Gasteiger partial charge in [-0.3, -0.25) is 4.90 Å². The third-order valence-electron chi connectivity index (χ3n) is 2.66. The van der Waals surface area contributed by atoms with Gasteiger partial charge >= 0.3 is 0 Å². The first-order valence-corrected chi connectivity index (χ1v) is 5.56. The molecule has 5 nitrogen and oxygen atoms in total. The van der Waals surface area contributed by atoms with Gasteiger partial charge in [0, 0.05) is 26.2 Å². The van der Waals surface area contributed by atoms with Crippen molar-refractivity contribution < 1.29 is 14.6 Å². The summed E-state index contributed by atoms with van der Waals surface area (Å²) in [5.74, 6) is 0. The first-order chi connectivity index (χ1) is 7.31. The number of hydrogen-bond donors (Lipinski definition) is 2. The van der Waals surface area contributed by atoms with Crippen LogP contribution in [-0.2, 0) is 9.47 Å². The van der Waals surface area contributed by atoms with E-state index in [1.54, 1.807) is 0 Å². The number of nitrogens with two attached hydrogens (primary N) is 1. The lowest BCUT2D eigenvalue weighted by molar-refractivity contribution is -0.0526. The van der Waals surface area contributed by atoms with Gasteiger partial charge in [-0.05, 0) is 6.92 Å². The highest BCUT2D eigenvalue weighted by molar-refractivity contribution is 4.77. The van der Waals surface area contributed by atoms with Crippen molar-refractivity contribution >= 4 is 0 Å². The van der Waals surface area contributed by atoms with E-state index in [0.717, 1.165) is 19.7 Å². The summed E-state index contributed by atoms with van der Waals surface area (Å²) in [6.07, 6.45) is 0.0575. The number of morpholine rings is 1. The van der Waals surface area contributed by atoms with Gasteiger partial charge in [0.2, 0.25) is 0 Å². The molecule has 0 aromatic rings. The Labute approximate surface area is 91.1 Å². The predicted molar refractivity (Wildman–Crippen MR) is 57.7 cm³/mol. The first-order valence-electron chi connectivity index (χ1n) is 5.56. The second-order valence-electron chi connectivity index (χ2n) is 3.72. The SMILES string of the molecule is CCOC(CN)CN1CCOCC1CO. The van der Waals surface area contributed by atoms with Crippen LogP contribution in [0.4, 0.5) is 0 Å². The summed E-state index contributed by atoms with van der Waals surface area (Å²) >= 11 is 0. The fraction of sp³-hybridized carbons (Fsp3) is 1.00. The summed E-state index contributed by atoms with van der Waals surface area (Å²) in [5, 5.41) is 9.18. The number of aliphatic hydroxyl groups excluding tert-OH is 1. The molecule has 15 heavy (non-hydrogen) atoms. The molecule has 1 rings (SSSR count). The molecule has 0 bridgehead atoms. The molecule has 0 radical (unpaired) electrons. The maximum atomic E-state index is 9.18. The van der Waals surface area contributed by atoms with Gasteiger partial charge in [0.1, 0.15) is 0 Å². The second-order valence-corrected chi connectivity index (χ2v) is 3.72. The van der Waals surface area contributed by atoms with Crippen LogP contribution in [0.25, 0.3) is 0 Å². The van der Waals surface area contributed by atoms with Crippen LogP contribution < -0.4 is 5.73 Å². The third kappa shape index (κ3) is 4.04. The molecule has 0 aromatic carbocycles. The van der Waals surface area contributed by atoms with Crippen LogP contribution in [0.15, 0.2) is 0 Å². The van der Waals surface area contributed by atoms with E-state index in [0.29, 0.717) is 19.8 Å². The molecule has 0 amide bonds. The molecule has 1 heterocycles. The van der Waals surface area contributed by atoms with Crippen molar-refractivity contribution in [2.24, 2.45) is 5.73 Å². The van der Waals surface area contributed by atoms with E-state index in [2.05, 4.69) is 4.90 Å². The normalized spacial score (nSPS) is 25.4. The fourth-order valence-electron chi connectivity index (χ4n) is 1.79. The molecule has 1 aliphatic rings. The summed E-state index contributed by atoms with van der Waals surface area (Å²) in [7, 11) is 0. The number of aliphatic hydroxyl groups is 1. The van der Waals surface area contributed by atoms with Crippen LogP contribution in [0.5, 0.6) is 0 Å². The van der Waals surface area contributed by atoms with E-state index in [-0.39, 0.29) is 18.8 Å². The molecule has 0 aliphatic carbocycles. The van der Waals surface area contributed by atoms with Gasteiger partial charge in [-0.2, -0.15) is 0 Å². The van der Waals surface area contributed by atoms with Crippen molar-refractivity contribution in [3.8, 4) is 0 Å². The zero-order chi connectivity index (χ0) is 11.1. The minimum Gasteiger partial charge on any atom is -0.395 e. The Kier molecular flexibility index (Phi) is 6.12. The van der Waals surface area contributed by atoms with Gasteiger partial charge in [-0.15, -0.1) is 0 Å². The zero-order valence-corrected chi connectivity index (χ0v) is 9.39. The van der Waals surface area contributed by atoms with Crippen molar-refractivity contribution in [1.82, 2.24) is 4.90 Å². The quantitative estimate of drug-likeness (QED) is 0.601. The van der Waals surface area contributed by atoms with E-state index in [9.17, 15) is 5.11 Å². The van der Waals surface area contributed by atoms with E-state index in [4.69, 9.17) is 15.2 Å². The van der Waals surface area contributed by atoms with Crippen molar-refractivity contribution in [2.45, 2.75) is 19.1 Å². The molecule has 5 heteroatoms. The topological polar surface area (TPSA) is 68.0 Å². The molecule has 1 aliphatic heterocycles. The Morgan fingerprint density at radius 1 is 1.67 bits per heavy atom. The number of rotatable bonds is 6. The van der Waals surface area contributed by atoms with Crippen LogP contribution >= 0.6 is 0 Å². The van der Waals surface area contributed by atoms with Crippen molar-refractivity contribution in [3.05, 3.63) is 0 Å². The minimum atomic E-state index is 0.0575. The molecule has 1 saturated heterocycles. The van der Waals surface area contributed by atoms with Gasteiger partial charge in [0.15, 0.2) is 0 Å². The molecule has 0 saturated carbocycles. The predicted octanol–water partition coefficient (Wildman–Crippen LogP) is -0.957. The van der Waals surface area contributed by atoms with Crippen molar-refractivity contribution in [3.63, 3.8) is 0 Å². The summed E-state index contributed by atoms with van der Waals surface area (Å²) in [4.78, 5) is 2.19. The average Bonchev–Trinajstić information content (AvgIpc) is 2.29. The van der Waals surface area contributed by atoms with Gasteiger partial charge in [0.25, 0.3) is 0 Å². The Morgan fingerprint density at radius 2 is 2.47 bits per heavy atom. The van der Waals surface area contributed by atoms with E-state index < -0.39 is 0 Å². The first kappa shape index (κ1) is 12.9. The van der Waals surface area contributed by atoms with Crippen LogP contribution in [0.3, 0.4) is 0 Å². The van der Waals surface area contributed by atoms with Gasteiger partial charge in [-0.25, -0.2) is 0 Å². The summed E-state index contributed by atoms with van der Waals surface area (Å²) in [5.41, 5.74) is 5.62. The van der Waals surface area contributed by atoms with E-state index in [1.165, 1.54) is 0 Å². The van der Waals surface area contributed by atoms with Crippen molar-refractivity contribution in [1.29, 1.82) is 0 Å². The highest BCUT2D eigenvalue weighted by atomic mass is 16.5. The molecule has 0 spiro atoms. The highest BCUT2D eigenvalue weighted by Crippen LogP contribution is 2.08. The number of ether oxygens (including phenoxy) is 2. The standard InChI is InChI=1S/C10H22N2O3/c1-2-15-10(5-11)6-12-3-4-14-8-9(12)7-13/h9-10,13H,2-8,11H2,1H3. The van der Waals surface area contributed by atoms with E-state index >= 15 is 0 Å². The maximum absolute atomic E-state index is 9.18. The molecule has 2 unspecified atom stereocenters. The van der Waals surface area contributed by atoms with Crippen molar-refractivity contribution in [2.75, 3.05) is 46.1 Å². The molecule has 0 aromatic heterocycles. The smallest absolute Gasteiger partial charge is 0.0823 e. The lowest BCUT2D eigenvalue weighted by Crippen LogP contribution is -2.51.